The lowest BCUT2D eigenvalue weighted by Gasteiger charge is -2.36. The molecule has 2 aliphatic heterocycles. The van der Waals surface area contributed by atoms with Crippen LogP contribution in [0, 0.1) is 11.8 Å². The van der Waals surface area contributed by atoms with E-state index in [1.807, 2.05) is 30.3 Å². The third kappa shape index (κ3) is 6.07. The minimum absolute atomic E-state index is 0.361. The van der Waals surface area contributed by atoms with Crippen LogP contribution in [0.15, 0.2) is 30.3 Å². The number of aliphatic hydroxyl groups excluding tert-OH is 1. The van der Waals surface area contributed by atoms with Gasteiger partial charge in [-0.1, -0.05) is 30.3 Å². The summed E-state index contributed by atoms with van der Waals surface area (Å²) in [6, 6.07) is 10.0. The van der Waals surface area contributed by atoms with Crippen LogP contribution in [0.5, 0.6) is 0 Å². The van der Waals surface area contributed by atoms with Gasteiger partial charge in [0.25, 0.3) is 0 Å². The van der Waals surface area contributed by atoms with Crippen LogP contribution in [0.25, 0.3) is 0 Å². The minimum atomic E-state index is -0.361. The van der Waals surface area contributed by atoms with Crippen molar-refractivity contribution in [3.63, 3.8) is 0 Å². The lowest BCUT2D eigenvalue weighted by atomic mass is 9.94. The maximum atomic E-state index is 10.4. The average molecular weight is 346 g/mol. The van der Waals surface area contributed by atoms with Crippen LogP contribution in [0.2, 0.25) is 0 Å². The number of aliphatic hydroxyl groups is 1. The molecule has 3 rings (SSSR count). The fourth-order valence-electron chi connectivity index (χ4n) is 4.40. The van der Waals surface area contributed by atoms with Crippen LogP contribution in [0.1, 0.15) is 37.4 Å². The predicted molar refractivity (Wildman–Crippen MR) is 104 cm³/mol. The molecule has 1 atom stereocenters. The number of likely N-dealkylation sites (tertiary alicyclic amines) is 1. The van der Waals surface area contributed by atoms with Gasteiger partial charge in [-0.3, -0.25) is 0 Å². The summed E-state index contributed by atoms with van der Waals surface area (Å²) in [5.41, 5.74) is 1.03. The van der Waals surface area contributed by atoms with Gasteiger partial charge in [-0.2, -0.15) is 0 Å². The van der Waals surface area contributed by atoms with E-state index in [0.717, 1.165) is 37.0 Å². The highest BCUT2D eigenvalue weighted by molar-refractivity contribution is 5.17. The third-order valence-corrected chi connectivity index (χ3v) is 5.92. The molecule has 0 saturated carbocycles. The SMILES string of the molecule is CN(CC1CCNCC1)CC1CCN(CC(O)c2ccccc2)CC1. The van der Waals surface area contributed by atoms with Gasteiger partial charge >= 0.3 is 0 Å². The van der Waals surface area contributed by atoms with Gasteiger partial charge < -0.3 is 20.2 Å². The number of rotatable bonds is 7. The van der Waals surface area contributed by atoms with Crippen LogP contribution >= 0.6 is 0 Å². The molecule has 140 valence electrons. The molecule has 0 spiro atoms. The van der Waals surface area contributed by atoms with Crippen LogP contribution in [-0.4, -0.2) is 67.8 Å². The molecule has 0 aromatic heterocycles. The smallest absolute Gasteiger partial charge is 0.0916 e. The number of hydrogen-bond acceptors (Lipinski definition) is 4. The average Bonchev–Trinajstić information content (AvgIpc) is 2.65. The quantitative estimate of drug-likeness (QED) is 0.796. The number of nitrogens with zero attached hydrogens (tertiary/aromatic N) is 2. The van der Waals surface area contributed by atoms with Gasteiger partial charge in [-0.25, -0.2) is 0 Å². The molecule has 25 heavy (non-hydrogen) atoms. The molecule has 2 heterocycles. The Labute approximate surface area is 153 Å². The van der Waals surface area contributed by atoms with E-state index in [0.29, 0.717) is 0 Å². The first kappa shape index (κ1) is 18.8. The van der Waals surface area contributed by atoms with E-state index in [2.05, 4.69) is 22.2 Å². The largest absolute Gasteiger partial charge is 0.387 e. The molecule has 4 nitrogen and oxygen atoms in total. The molecular formula is C21H35N3O. The van der Waals surface area contributed by atoms with E-state index in [9.17, 15) is 5.11 Å². The zero-order chi connectivity index (χ0) is 17.5. The van der Waals surface area contributed by atoms with E-state index >= 15 is 0 Å². The Morgan fingerprint density at radius 3 is 2.28 bits per heavy atom. The molecule has 1 aromatic carbocycles. The molecule has 0 bridgehead atoms. The van der Waals surface area contributed by atoms with Crippen LogP contribution in [0.3, 0.4) is 0 Å². The van der Waals surface area contributed by atoms with Crippen molar-refractivity contribution in [3.8, 4) is 0 Å². The second-order valence-electron chi connectivity index (χ2n) is 8.09. The van der Waals surface area contributed by atoms with Gasteiger partial charge in [0.05, 0.1) is 6.10 Å². The fourth-order valence-corrected chi connectivity index (χ4v) is 4.40. The van der Waals surface area contributed by atoms with Gasteiger partial charge in [-0.15, -0.1) is 0 Å². The molecule has 0 amide bonds. The Balaban J connectivity index is 1.35. The first-order valence-corrected chi connectivity index (χ1v) is 10.1. The summed E-state index contributed by atoms with van der Waals surface area (Å²) < 4.78 is 0. The van der Waals surface area contributed by atoms with E-state index in [1.165, 1.54) is 51.9 Å². The van der Waals surface area contributed by atoms with Crippen molar-refractivity contribution in [2.75, 3.05) is 52.9 Å². The van der Waals surface area contributed by atoms with Crippen molar-refractivity contribution in [2.45, 2.75) is 31.8 Å². The molecule has 0 radical (unpaired) electrons. The summed E-state index contributed by atoms with van der Waals surface area (Å²) >= 11 is 0. The van der Waals surface area contributed by atoms with Crippen molar-refractivity contribution in [2.24, 2.45) is 11.8 Å². The Morgan fingerprint density at radius 2 is 1.64 bits per heavy atom. The molecule has 2 N–H and O–H groups in total. The molecule has 1 aromatic rings. The van der Waals surface area contributed by atoms with Crippen LogP contribution in [-0.2, 0) is 0 Å². The van der Waals surface area contributed by atoms with E-state index in [-0.39, 0.29) is 6.10 Å². The fraction of sp³-hybridized carbons (Fsp3) is 0.714. The summed E-state index contributed by atoms with van der Waals surface area (Å²) in [5, 5.41) is 13.9. The number of β-amino-alcohol motifs (C(OH)–C–C–N with tert-alkyl or cyclic N) is 1. The van der Waals surface area contributed by atoms with Crippen molar-refractivity contribution in [1.82, 2.24) is 15.1 Å². The van der Waals surface area contributed by atoms with E-state index < -0.39 is 0 Å². The summed E-state index contributed by atoms with van der Waals surface area (Å²) in [6.07, 6.45) is 4.83. The van der Waals surface area contributed by atoms with Crippen molar-refractivity contribution in [3.05, 3.63) is 35.9 Å². The lowest BCUT2D eigenvalue weighted by molar-refractivity contribution is 0.0812. The maximum Gasteiger partial charge on any atom is 0.0916 e. The Kier molecular flexibility index (Phi) is 7.29. The number of hydrogen-bond donors (Lipinski definition) is 2. The van der Waals surface area contributed by atoms with Gasteiger partial charge in [0.15, 0.2) is 0 Å². The second kappa shape index (κ2) is 9.67. The highest BCUT2D eigenvalue weighted by Gasteiger charge is 2.23. The number of nitrogens with one attached hydrogen (secondary N) is 1. The second-order valence-corrected chi connectivity index (χ2v) is 8.09. The van der Waals surface area contributed by atoms with E-state index in [1.54, 1.807) is 0 Å². The van der Waals surface area contributed by atoms with Crippen molar-refractivity contribution >= 4 is 0 Å². The first-order valence-electron chi connectivity index (χ1n) is 10.1. The zero-order valence-electron chi connectivity index (χ0n) is 15.7. The topological polar surface area (TPSA) is 38.7 Å². The number of piperidine rings is 2. The number of benzene rings is 1. The molecule has 2 aliphatic rings. The van der Waals surface area contributed by atoms with Crippen molar-refractivity contribution < 1.29 is 5.11 Å². The van der Waals surface area contributed by atoms with Gasteiger partial charge in [0.2, 0.25) is 0 Å². The Morgan fingerprint density at radius 1 is 1.04 bits per heavy atom. The van der Waals surface area contributed by atoms with Crippen molar-refractivity contribution in [1.29, 1.82) is 0 Å². The highest BCUT2D eigenvalue weighted by atomic mass is 16.3. The Hall–Kier alpha value is -0.940. The van der Waals surface area contributed by atoms with Gasteiger partial charge in [0, 0.05) is 19.6 Å². The summed E-state index contributed by atoms with van der Waals surface area (Å²) in [5.74, 6) is 1.70. The highest BCUT2D eigenvalue weighted by Crippen LogP contribution is 2.22. The maximum absolute atomic E-state index is 10.4. The molecule has 0 aliphatic carbocycles. The minimum Gasteiger partial charge on any atom is -0.387 e. The summed E-state index contributed by atoms with van der Waals surface area (Å²) in [7, 11) is 2.30. The predicted octanol–water partition coefficient (Wildman–Crippen LogP) is 2.36. The van der Waals surface area contributed by atoms with Crippen LogP contribution in [0.4, 0.5) is 0 Å². The molecule has 2 saturated heterocycles. The third-order valence-electron chi connectivity index (χ3n) is 5.92. The molecule has 1 unspecified atom stereocenters. The monoisotopic (exact) mass is 345 g/mol. The summed E-state index contributed by atoms with van der Waals surface area (Å²) in [6.45, 7) is 7.89. The van der Waals surface area contributed by atoms with Gasteiger partial charge in [0.1, 0.15) is 0 Å². The molecular weight excluding hydrogens is 310 g/mol. The molecule has 2 fully saturated rings. The standard InChI is InChI=1S/C21H35N3O/c1-23(15-18-7-11-22-12-8-18)16-19-9-13-24(14-10-19)17-21(25)20-5-3-2-4-6-20/h2-6,18-19,21-22,25H,7-17H2,1H3. The van der Waals surface area contributed by atoms with E-state index in [4.69, 9.17) is 0 Å². The van der Waals surface area contributed by atoms with Gasteiger partial charge in [-0.05, 0) is 76.3 Å². The summed E-state index contributed by atoms with van der Waals surface area (Å²) in [4.78, 5) is 5.00. The first-order chi connectivity index (χ1) is 12.2. The normalized spacial score (nSPS) is 22.4. The Bertz CT molecular complexity index is 481. The lowest BCUT2D eigenvalue weighted by Crippen LogP contribution is -2.41. The van der Waals surface area contributed by atoms with Crippen LogP contribution < -0.4 is 5.32 Å². The zero-order valence-corrected chi connectivity index (χ0v) is 15.7. The molecule has 4 heteroatoms.